The molecule has 5 heteroatoms. The quantitative estimate of drug-likeness (QED) is 0.517. The zero-order valence-electron chi connectivity index (χ0n) is 8.55. The molecule has 0 saturated heterocycles. The van der Waals surface area contributed by atoms with Gasteiger partial charge in [-0.15, -0.1) is 0 Å². The molecule has 0 spiro atoms. The number of thioether (sulfide) groups is 1. The Bertz CT molecular complexity index is 147. The third-order valence-electron chi connectivity index (χ3n) is 1.54. The second kappa shape index (κ2) is 11.3. The van der Waals surface area contributed by atoms with E-state index in [2.05, 4.69) is 21.2 Å². The summed E-state index contributed by atoms with van der Waals surface area (Å²) >= 11 is 4.96. The summed E-state index contributed by atoms with van der Waals surface area (Å²) in [6, 6.07) is 0. The summed E-state index contributed by atoms with van der Waals surface area (Å²) in [6.45, 7) is 2.17. The molecule has 0 aromatic rings. The minimum Gasteiger partial charge on any atom is -0.381 e. The maximum Gasteiger partial charge on any atom is 0.220 e. The molecule has 0 saturated carbocycles. The van der Waals surface area contributed by atoms with Crippen molar-refractivity contribution in [1.29, 1.82) is 0 Å². The van der Waals surface area contributed by atoms with Gasteiger partial charge < -0.3 is 10.1 Å². The van der Waals surface area contributed by atoms with Crippen LogP contribution in [0, 0.1) is 0 Å². The van der Waals surface area contributed by atoms with Crippen LogP contribution in [0.25, 0.3) is 0 Å². The van der Waals surface area contributed by atoms with Crippen molar-refractivity contribution in [2.45, 2.75) is 12.8 Å². The fraction of sp³-hybridized carbons (Fsp3) is 0.889. The van der Waals surface area contributed by atoms with E-state index in [0.717, 1.165) is 30.7 Å². The highest BCUT2D eigenvalue weighted by molar-refractivity contribution is 9.09. The monoisotopic (exact) mass is 283 g/mol. The van der Waals surface area contributed by atoms with Crippen molar-refractivity contribution < 1.29 is 9.53 Å². The third-order valence-corrected chi connectivity index (χ3v) is 2.48. The van der Waals surface area contributed by atoms with Crippen molar-refractivity contribution in [2.24, 2.45) is 0 Å². The van der Waals surface area contributed by atoms with Crippen molar-refractivity contribution in [2.75, 3.05) is 37.1 Å². The summed E-state index contributed by atoms with van der Waals surface area (Å²) in [5, 5.41) is 3.72. The van der Waals surface area contributed by atoms with E-state index < -0.39 is 0 Å². The van der Waals surface area contributed by atoms with Gasteiger partial charge in [0.05, 0.1) is 6.61 Å². The molecule has 3 nitrogen and oxygen atoms in total. The van der Waals surface area contributed by atoms with Crippen LogP contribution in [-0.2, 0) is 9.53 Å². The Balaban J connectivity index is 3.07. The van der Waals surface area contributed by atoms with Gasteiger partial charge in [-0.3, -0.25) is 4.79 Å². The maximum atomic E-state index is 11.1. The molecular formula is C9H18BrNO2S. The van der Waals surface area contributed by atoms with Gasteiger partial charge in [0.25, 0.3) is 0 Å². The molecule has 1 N–H and O–H groups in total. The molecule has 1 amide bonds. The molecule has 0 fully saturated rings. The first-order chi connectivity index (χ1) is 6.81. The van der Waals surface area contributed by atoms with Crippen molar-refractivity contribution in [1.82, 2.24) is 5.32 Å². The first-order valence-corrected chi connectivity index (χ1v) is 7.22. The Morgan fingerprint density at radius 2 is 2.29 bits per heavy atom. The smallest absolute Gasteiger partial charge is 0.220 e. The zero-order valence-corrected chi connectivity index (χ0v) is 11.0. The van der Waals surface area contributed by atoms with Gasteiger partial charge in [-0.1, -0.05) is 15.9 Å². The summed E-state index contributed by atoms with van der Waals surface area (Å²) in [6.07, 6.45) is 3.50. The third kappa shape index (κ3) is 10.3. The van der Waals surface area contributed by atoms with Crippen LogP contribution < -0.4 is 5.32 Å². The highest BCUT2D eigenvalue weighted by Crippen LogP contribution is 1.94. The van der Waals surface area contributed by atoms with Gasteiger partial charge >= 0.3 is 0 Å². The summed E-state index contributed by atoms with van der Waals surface area (Å²) in [5.74, 6) is 1.03. The van der Waals surface area contributed by atoms with Crippen LogP contribution in [0.3, 0.4) is 0 Å². The lowest BCUT2D eigenvalue weighted by Gasteiger charge is -2.04. The number of alkyl halides is 1. The molecule has 0 heterocycles. The zero-order chi connectivity index (χ0) is 10.6. The first-order valence-electron chi connectivity index (χ1n) is 4.70. The Hall–Kier alpha value is 0.260. The molecule has 0 radical (unpaired) electrons. The van der Waals surface area contributed by atoms with Crippen LogP contribution in [0.5, 0.6) is 0 Å². The standard InChI is InChI=1S/C9H18BrNO2S/c1-14-8-3-9(12)11-5-2-6-13-7-4-10/h2-8H2,1H3,(H,11,12). The number of amides is 1. The van der Waals surface area contributed by atoms with Crippen LogP contribution in [-0.4, -0.2) is 43.0 Å². The molecule has 84 valence electrons. The van der Waals surface area contributed by atoms with Crippen molar-refractivity contribution >= 4 is 33.6 Å². The van der Waals surface area contributed by atoms with E-state index in [9.17, 15) is 4.79 Å². The average Bonchev–Trinajstić information content (AvgIpc) is 2.20. The van der Waals surface area contributed by atoms with E-state index in [0.29, 0.717) is 13.0 Å². The lowest BCUT2D eigenvalue weighted by molar-refractivity contribution is -0.120. The van der Waals surface area contributed by atoms with Crippen LogP contribution >= 0.6 is 27.7 Å². The SMILES string of the molecule is CSCCC(=O)NCCCOCCBr. The lowest BCUT2D eigenvalue weighted by atomic mass is 10.4. The Kier molecular flexibility index (Phi) is 11.5. The Labute approximate surface area is 98.5 Å². The number of hydrogen-bond acceptors (Lipinski definition) is 3. The van der Waals surface area contributed by atoms with Gasteiger partial charge in [-0.05, 0) is 12.7 Å². The van der Waals surface area contributed by atoms with Gasteiger partial charge in [-0.2, -0.15) is 11.8 Å². The number of hydrogen-bond donors (Lipinski definition) is 1. The fourth-order valence-corrected chi connectivity index (χ4v) is 1.46. The van der Waals surface area contributed by atoms with Crippen LogP contribution in [0.4, 0.5) is 0 Å². The van der Waals surface area contributed by atoms with Gasteiger partial charge in [0.1, 0.15) is 0 Å². The van der Waals surface area contributed by atoms with Crippen molar-refractivity contribution in [3.8, 4) is 0 Å². The number of carbonyl (C=O) groups is 1. The normalized spacial score (nSPS) is 10.1. The van der Waals surface area contributed by atoms with Gasteiger partial charge in [0.15, 0.2) is 0 Å². The van der Waals surface area contributed by atoms with E-state index in [4.69, 9.17) is 4.74 Å². The fourth-order valence-electron chi connectivity index (χ4n) is 0.842. The van der Waals surface area contributed by atoms with E-state index in [1.165, 1.54) is 0 Å². The van der Waals surface area contributed by atoms with Gasteiger partial charge in [0.2, 0.25) is 5.91 Å². The number of carbonyl (C=O) groups excluding carboxylic acids is 1. The first kappa shape index (κ1) is 14.3. The van der Waals surface area contributed by atoms with Gasteiger partial charge in [0, 0.05) is 30.7 Å². The molecule has 0 aliphatic carbocycles. The molecule has 0 aliphatic rings. The molecule has 14 heavy (non-hydrogen) atoms. The number of halogens is 1. The highest BCUT2D eigenvalue weighted by atomic mass is 79.9. The summed E-state index contributed by atoms with van der Waals surface area (Å²) in [4.78, 5) is 11.1. The van der Waals surface area contributed by atoms with E-state index in [1.54, 1.807) is 11.8 Å². The highest BCUT2D eigenvalue weighted by Gasteiger charge is 1.98. The van der Waals surface area contributed by atoms with E-state index in [-0.39, 0.29) is 5.91 Å². The van der Waals surface area contributed by atoms with E-state index >= 15 is 0 Å². The van der Waals surface area contributed by atoms with Crippen LogP contribution in [0.15, 0.2) is 0 Å². The van der Waals surface area contributed by atoms with Crippen LogP contribution in [0.1, 0.15) is 12.8 Å². The molecule has 0 bridgehead atoms. The maximum absolute atomic E-state index is 11.1. The topological polar surface area (TPSA) is 38.3 Å². The Morgan fingerprint density at radius 3 is 2.93 bits per heavy atom. The molecule has 0 unspecified atom stereocenters. The average molecular weight is 284 g/mol. The summed E-state index contributed by atoms with van der Waals surface area (Å²) in [5.41, 5.74) is 0. The van der Waals surface area contributed by atoms with Crippen molar-refractivity contribution in [3.63, 3.8) is 0 Å². The van der Waals surface area contributed by atoms with Crippen LogP contribution in [0.2, 0.25) is 0 Å². The predicted octanol–water partition coefficient (Wildman–Crippen LogP) is 1.66. The second-order valence-electron chi connectivity index (χ2n) is 2.75. The van der Waals surface area contributed by atoms with E-state index in [1.807, 2.05) is 6.26 Å². The van der Waals surface area contributed by atoms with Crippen molar-refractivity contribution in [3.05, 3.63) is 0 Å². The molecule has 0 aliphatic heterocycles. The molecule has 0 aromatic carbocycles. The second-order valence-corrected chi connectivity index (χ2v) is 4.53. The molecule has 0 rings (SSSR count). The molecule has 0 atom stereocenters. The number of ether oxygens (including phenoxy) is 1. The molecular weight excluding hydrogens is 266 g/mol. The lowest BCUT2D eigenvalue weighted by Crippen LogP contribution is -2.25. The minimum atomic E-state index is 0.139. The Morgan fingerprint density at radius 1 is 1.50 bits per heavy atom. The summed E-state index contributed by atoms with van der Waals surface area (Å²) in [7, 11) is 0. The number of rotatable bonds is 9. The molecule has 0 aromatic heterocycles. The predicted molar refractivity (Wildman–Crippen MR) is 65.2 cm³/mol. The minimum absolute atomic E-state index is 0.139. The van der Waals surface area contributed by atoms with Gasteiger partial charge in [-0.25, -0.2) is 0 Å². The largest absolute Gasteiger partial charge is 0.381 e. The number of nitrogens with one attached hydrogen (secondary N) is 1. The summed E-state index contributed by atoms with van der Waals surface area (Å²) < 4.78 is 5.24.